The Kier molecular flexibility index (Phi) is 5.11. The van der Waals surface area contributed by atoms with Crippen LogP contribution in [0.2, 0.25) is 0 Å². The Hall–Kier alpha value is -2.82. The number of nitrogens with zero attached hydrogens (tertiary/aromatic N) is 1. The zero-order chi connectivity index (χ0) is 16.8. The van der Waals surface area contributed by atoms with Crippen LogP contribution in [-0.4, -0.2) is 25.0 Å². The molecule has 3 rings (SSSR count). The molecule has 24 heavy (non-hydrogen) atoms. The van der Waals surface area contributed by atoms with Crippen molar-refractivity contribution in [2.24, 2.45) is 0 Å². The lowest BCUT2D eigenvalue weighted by Crippen LogP contribution is -2.30. The third kappa shape index (κ3) is 4.13. The fraction of sp³-hybridized carbons (Fsp3) is 0.263. The van der Waals surface area contributed by atoms with E-state index in [0.29, 0.717) is 18.7 Å². The highest BCUT2D eigenvalue weighted by Gasteiger charge is 2.21. The molecule has 1 fully saturated rings. The van der Waals surface area contributed by atoms with Crippen molar-refractivity contribution in [3.8, 4) is 0 Å². The molecule has 124 valence electrons. The zero-order valence-corrected chi connectivity index (χ0v) is 13.5. The Bertz CT molecular complexity index is 698. The van der Waals surface area contributed by atoms with Crippen LogP contribution in [0.4, 0.5) is 16.2 Å². The summed E-state index contributed by atoms with van der Waals surface area (Å²) in [5, 5.41) is 5.65. The number of hydrogen-bond donors (Lipinski definition) is 2. The van der Waals surface area contributed by atoms with Gasteiger partial charge in [-0.15, -0.1) is 0 Å². The average Bonchev–Trinajstić information content (AvgIpc) is 3.03. The first-order chi connectivity index (χ1) is 11.7. The maximum Gasteiger partial charge on any atom is 0.319 e. The van der Waals surface area contributed by atoms with E-state index in [9.17, 15) is 9.59 Å². The highest BCUT2D eigenvalue weighted by Crippen LogP contribution is 2.22. The lowest BCUT2D eigenvalue weighted by Gasteiger charge is -2.16. The molecule has 0 bridgehead atoms. The van der Waals surface area contributed by atoms with Crippen molar-refractivity contribution in [3.05, 3.63) is 60.2 Å². The van der Waals surface area contributed by atoms with Crippen LogP contribution in [0, 0.1) is 0 Å². The summed E-state index contributed by atoms with van der Waals surface area (Å²) in [5.41, 5.74) is 2.78. The summed E-state index contributed by atoms with van der Waals surface area (Å²) < 4.78 is 0. The van der Waals surface area contributed by atoms with Gasteiger partial charge in [-0.25, -0.2) is 4.79 Å². The Labute approximate surface area is 141 Å². The second-order valence-electron chi connectivity index (χ2n) is 5.81. The number of benzene rings is 2. The third-order valence-corrected chi connectivity index (χ3v) is 4.05. The number of nitrogens with one attached hydrogen (secondary N) is 2. The molecule has 2 N–H and O–H groups in total. The monoisotopic (exact) mass is 323 g/mol. The minimum Gasteiger partial charge on any atom is -0.338 e. The first-order valence-corrected chi connectivity index (χ1v) is 8.21. The van der Waals surface area contributed by atoms with E-state index in [0.717, 1.165) is 25.1 Å². The SMILES string of the molecule is O=C(NCCc1ccccc1)Nc1ccc(N2CCCC2=O)cc1. The summed E-state index contributed by atoms with van der Waals surface area (Å²) in [5.74, 6) is 0.161. The van der Waals surface area contributed by atoms with Gasteiger partial charge in [0.05, 0.1) is 0 Å². The third-order valence-electron chi connectivity index (χ3n) is 4.05. The van der Waals surface area contributed by atoms with Crippen LogP contribution in [0.1, 0.15) is 18.4 Å². The maximum atomic E-state index is 11.9. The number of carbonyl (C=O) groups excluding carboxylic acids is 2. The number of carbonyl (C=O) groups is 2. The molecule has 5 nitrogen and oxygen atoms in total. The highest BCUT2D eigenvalue weighted by atomic mass is 16.2. The minimum absolute atomic E-state index is 0.161. The van der Waals surface area contributed by atoms with E-state index >= 15 is 0 Å². The lowest BCUT2D eigenvalue weighted by atomic mass is 10.1. The van der Waals surface area contributed by atoms with Gasteiger partial charge >= 0.3 is 6.03 Å². The summed E-state index contributed by atoms with van der Waals surface area (Å²) in [6, 6.07) is 17.2. The predicted molar refractivity (Wildman–Crippen MR) is 95.2 cm³/mol. The minimum atomic E-state index is -0.226. The number of anilines is 2. The van der Waals surface area contributed by atoms with Crippen LogP contribution in [0.3, 0.4) is 0 Å². The van der Waals surface area contributed by atoms with Crippen molar-refractivity contribution in [1.82, 2.24) is 5.32 Å². The molecule has 3 amide bonds. The molecule has 1 heterocycles. The van der Waals surface area contributed by atoms with Gasteiger partial charge < -0.3 is 15.5 Å². The summed E-state index contributed by atoms with van der Waals surface area (Å²) >= 11 is 0. The maximum absolute atomic E-state index is 11.9. The van der Waals surface area contributed by atoms with Crippen molar-refractivity contribution in [2.45, 2.75) is 19.3 Å². The Balaban J connectivity index is 1.47. The second kappa shape index (κ2) is 7.64. The Morgan fingerprint density at radius 1 is 1.04 bits per heavy atom. The van der Waals surface area contributed by atoms with Gasteiger partial charge in [-0.2, -0.15) is 0 Å². The molecule has 0 aliphatic carbocycles. The van der Waals surface area contributed by atoms with Crippen LogP contribution in [0.5, 0.6) is 0 Å². The van der Waals surface area contributed by atoms with Crippen molar-refractivity contribution in [1.29, 1.82) is 0 Å². The van der Waals surface area contributed by atoms with Gasteiger partial charge in [0, 0.05) is 30.9 Å². The average molecular weight is 323 g/mol. The van der Waals surface area contributed by atoms with E-state index < -0.39 is 0 Å². The van der Waals surface area contributed by atoms with E-state index in [1.807, 2.05) is 54.6 Å². The van der Waals surface area contributed by atoms with Crippen LogP contribution in [-0.2, 0) is 11.2 Å². The zero-order valence-electron chi connectivity index (χ0n) is 13.5. The quantitative estimate of drug-likeness (QED) is 0.888. The topological polar surface area (TPSA) is 61.4 Å². The first kappa shape index (κ1) is 16.1. The number of hydrogen-bond acceptors (Lipinski definition) is 2. The fourth-order valence-corrected chi connectivity index (χ4v) is 2.79. The summed E-state index contributed by atoms with van der Waals surface area (Å²) in [7, 11) is 0. The van der Waals surface area contributed by atoms with Crippen LogP contribution in [0.15, 0.2) is 54.6 Å². The number of rotatable bonds is 5. The Morgan fingerprint density at radius 2 is 1.79 bits per heavy atom. The van der Waals surface area contributed by atoms with Crippen molar-refractivity contribution in [3.63, 3.8) is 0 Å². The van der Waals surface area contributed by atoms with Crippen molar-refractivity contribution < 1.29 is 9.59 Å². The predicted octanol–water partition coefficient (Wildman–Crippen LogP) is 3.18. The van der Waals surface area contributed by atoms with Crippen molar-refractivity contribution >= 4 is 23.3 Å². The molecule has 5 heteroatoms. The normalized spacial score (nSPS) is 13.8. The van der Waals surface area contributed by atoms with Gasteiger partial charge in [-0.1, -0.05) is 30.3 Å². The van der Waals surface area contributed by atoms with Crippen LogP contribution >= 0.6 is 0 Å². The van der Waals surface area contributed by atoms with Gasteiger partial charge in [-0.3, -0.25) is 4.79 Å². The first-order valence-electron chi connectivity index (χ1n) is 8.21. The van der Waals surface area contributed by atoms with Crippen molar-refractivity contribution in [2.75, 3.05) is 23.3 Å². The summed E-state index contributed by atoms with van der Waals surface area (Å²) in [4.78, 5) is 25.4. The molecular formula is C19H21N3O2. The summed E-state index contributed by atoms with van der Waals surface area (Å²) in [6.07, 6.45) is 2.32. The molecule has 1 saturated heterocycles. The highest BCUT2D eigenvalue weighted by molar-refractivity contribution is 5.96. The standard InChI is InChI=1S/C19H21N3O2/c23-18-7-4-14-22(18)17-10-8-16(9-11-17)21-19(24)20-13-12-15-5-2-1-3-6-15/h1-3,5-6,8-11H,4,7,12-14H2,(H2,20,21,24). The largest absolute Gasteiger partial charge is 0.338 e. The molecule has 2 aromatic rings. The van der Waals surface area contributed by atoms with Crippen LogP contribution < -0.4 is 15.5 Å². The smallest absolute Gasteiger partial charge is 0.319 e. The van der Waals surface area contributed by atoms with E-state index in [2.05, 4.69) is 10.6 Å². The molecule has 2 aromatic carbocycles. The molecule has 1 aliphatic rings. The van der Waals surface area contributed by atoms with Gasteiger partial charge in [0.25, 0.3) is 0 Å². The van der Waals surface area contributed by atoms with Gasteiger partial charge in [0.15, 0.2) is 0 Å². The molecule has 0 saturated carbocycles. The number of amides is 3. The van der Waals surface area contributed by atoms with Gasteiger partial charge in [0.2, 0.25) is 5.91 Å². The van der Waals surface area contributed by atoms with E-state index in [-0.39, 0.29) is 11.9 Å². The molecule has 0 aromatic heterocycles. The van der Waals surface area contributed by atoms with E-state index in [1.54, 1.807) is 4.90 Å². The van der Waals surface area contributed by atoms with E-state index in [4.69, 9.17) is 0 Å². The Morgan fingerprint density at radius 3 is 2.46 bits per heavy atom. The lowest BCUT2D eigenvalue weighted by molar-refractivity contribution is -0.117. The molecule has 0 unspecified atom stereocenters. The molecule has 0 atom stereocenters. The number of urea groups is 1. The van der Waals surface area contributed by atoms with E-state index in [1.165, 1.54) is 5.56 Å². The van der Waals surface area contributed by atoms with Gasteiger partial charge in [0.1, 0.15) is 0 Å². The molecule has 0 spiro atoms. The fourth-order valence-electron chi connectivity index (χ4n) is 2.79. The molecular weight excluding hydrogens is 302 g/mol. The van der Waals surface area contributed by atoms with Gasteiger partial charge in [-0.05, 0) is 42.7 Å². The molecule has 0 radical (unpaired) electrons. The van der Waals surface area contributed by atoms with Crippen LogP contribution in [0.25, 0.3) is 0 Å². The molecule has 1 aliphatic heterocycles. The second-order valence-corrected chi connectivity index (χ2v) is 5.81. The summed E-state index contributed by atoms with van der Waals surface area (Å²) in [6.45, 7) is 1.35.